The molecule has 5 heteroatoms. The van der Waals surface area contributed by atoms with Crippen LogP contribution in [0.3, 0.4) is 0 Å². The van der Waals surface area contributed by atoms with Crippen LogP contribution in [0.15, 0.2) is 18.2 Å². The van der Waals surface area contributed by atoms with Crippen molar-refractivity contribution in [1.82, 2.24) is 0 Å². The summed E-state index contributed by atoms with van der Waals surface area (Å²) < 4.78 is 6.50. The SMILES string of the molecule is CCCC[C@@H](O[Si](C)(C)C(C)(C)C)[C@H](O)c1c(Cl)cccc1Cl. The number of unbranched alkanes of at least 4 members (excludes halogenated alkanes) is 1. The van der Waals surface area contributed by atoms with Crippen LogP contribution in [0.2, 0.25) is 28.2 Å². The molecule has 0 amide bonds. The third-order valence-electron chi connectivity index (χ3n) is 4.74. The minimum absolute atomic E-state index is 0.0848. The zero-order valence-corrected chi connectivity index (χ0v) is 17.6. The van der Waals surface area contributed by atoms with Crippen molar-refractivity contribution in [2.75, 3.05) is 0 Å². The summed E-state index contributed by atoms with van der Waals surface area (Å²) in [6, 6.07) is 5.31. The first-order valence-electron chi connectivity index (χ1n) is 8.31. The van der Waals surface area contributed by atoms with Crippen LogP contribution >= 0.6 is 23.2 Å². The Bertz CT molecular complexity index is 492. The molecule has 0 heterocycles. The zero-order chi connectivity index (χ0) is 17.8. The van der Waals surface area contributed by atoms with Gasteiger partial charge in [-0.1, -0.05) is 69.8 Å². The van der Waals surface area contributed by atoms with Gasteiger partial charge in [-0.2, -0.15) is 0 Å². The number of aliphatic hydroxyl groups excluding tert-OH is 1. The quantitative estimate of drug-likeness (QED) is 0.542. The lowest BCUT2D eigenvalue weighted by Gasteiger charge is -2.40. The number of halogens is 2. The van der Waals surface area contributed by atoms with Gasteiger partial charge >= 0.3 is 0 Å². The summed E-state index contributed by atoms with van der Waals surface area (Å²) in [5, 5.41) is 12.0. The van der Waals surface area contributed by atoms with Gasteiger partial charge < -0.3 is 9.53 Å². The minimum Gasteiger partial charge on any atom is -0.411 e. The van der Waals surface area contributed by atoms with E-state index < -0.39 is 14.4 Å². The molecule has 1 aromatic carbocycles. The Morgan fingerprint density at radius 3 is 2.13 bits per heavy atom. The molecular weight excluding hydrogens is 347 g/mol. The van der Waals surface area contributed by atoms with Crippen LogP contribution in [0, 0.1) is 0 Å². The summed E-state index contributed by atoms with van der Waals surface area (Å²) in [6.45, 7) is 13.1. The first-order chi connectivity index (χ1) is 10.5. The molecule has 0 spiro atoms. The smallest absolute Gasteiger partial charge is 0.192 e. The van der Waals surface area contributed by atoms with E-state index in [0.717, 1.165) is 19.3 Å². The third-order valence-corrected chi connectivity index (χ3v) is 9.91. The van der Waals surface area contributed by atoms with Gasteiger partial charge in [-0.05, 0) is 36.7 Å². The highest BCUT2D eigenvalue weighted by Crippen LogP contribution is 2.41. The van der Waals surface area contributed by atoms with Crippen molar-refractivity contribution >= 4 is 31.5 Å². The minimum atomic E-state index is -1.99. The van der Waals surface area contributed by atoms with Crippen molar-refractivity contribution in [3.63, 3.8) is 0 Å². The summed E-state index contributed by atoms with van der Waals surface area (Å²) in [5.41, 5.74) is 0.579. The molecule has 2 atom stereocenters. The second kappa shape index (κ2) is 8.35. The van der Waals surface area contributed by atoms with Gasteiger partial charge in [0.15, 0.2) is 8.32 Å². The van der Waals surface area contributed by atoms with E-state index in [0.29, 0.717) is 15.6 Å². The predicted molar refractivity (Wildman–Crippen MR) is 103 cm³/mol. The summed E-state index contributed by atoms with van der Waals surface area (Å²) in [7, 11) is -1.99. The Morgan fingerprint density at radius 1 is 1.17 bits per heavy atom. The number of hydrogen-bond donors (Lipinski definition) is 1. The highest BCUT2D eigenvalue weighted by atomic mass is 35.5. The highest BCUT2D eigenvalue weighted by Gasteiger charge is 2.41. The lowest BCUT2D eigenvalue weighted by molar-refractivity contribution is 0.0203. The van der Waals surface area contributed by atoms with E-state index in [1.807, 2.05) is 0 Å². The van der Waals surface area contributed by atoms with Crippen molar-refractivity contribution < 1.29 is 9.53 Å². The van der Waals surface area contributed by atoms with Gasteiger partial charge in [-0.25, -0.2) is 0 Å². The molecule has 0 saturated heterocycles. The zero-order valence-electron chi connectivity index (χ0n) is 15.1. The molecule has 23 heavy (non-hydrogen) atoms. The molecule has 132 valence electrons. The van der Waals surface area contributed by atoms with Gasteiger partial charge in [-0.15, -0.1) is 0 Å². The van der Waals surface area contributed by atoms with Crippen LogP contribution in [0.5, 0.6) is 0 Å². The fraction of sp³-hybridized carbons (Fsp3) is 0.667. The van der Waals surface area contributed by atoms with Gasteiger partial charge in [0.25, 0.3) is 0 Å². The van der Waals surface area contributed by atoms with Gasteiger partial charge in [0.2, 0.25) is 0 Å². The van der Waals surface area contributed by atoms with Crippen LogP contribution in [0.4, 0.5) is 0 Å². The van der Waals surface area contributed by atoms with Crippen molar-refractivity contribution in [3.8, 4) is 0 Å². The second-order valence-corrected chi connectivity index (χ2v) is 13.2. The first kappa shape index (κ1) is 21.0. The van der Waals surface area contributed by atoms with Crippen LogP contribution in [-0.4, -0.2) is 19.5 Å². The van der Waals surface area contributed by atoms with E-state index >= 15 is 0 Å². The molecule has 1 aromatic rings. The molecule has 0 aliphatic rings. The van der Waals surface area contributed by atoms with Gasteiger partial charge in [0.05, 0.1) is 6.10 Å². The van der Waals surface area contributed by atoms with Crippen molar-refractivity contribution in [2.24, 2.45) is 0 Å². The number of rotatable bonds is 7. The molecule has 0 aliphatic carbocycles. The average molecular weight is 377 g/mol. The highest BCUT2D eigenvalue weighted by molar-refractivity contribution is 6.74. The summed E-state index contributed by atoms with van der Waals surface area (Å²) in [6.07, 6.45) is 1.76. The molecule has 1 N–H and O–H groups in total. The van der Waals surface area contributed by atoms with Gasteiger partial charge in [0.1, 0.15) is 6.10 Å². The summed E-state index contributed by atoms with van der Waals surface area (Å²) in [4.78, 5) is 0. The standard InChI is InChI=1S/C18H30Cl2O2Si/c1-7-8-12-15(22-23(5,6)18(2,3)4)17(21)16-13(19)10-9-11-14(16)20/h9-11,15,17,21H,7-8,12H2,1-6H3/t15-,17+/m1/s1. The van der Waals surface area contributed by atoms with E-state index in [-0.39, 0.29) is 11.1 Å². The number of hydrogen-bond acceptors (Lipinski definition) is 2. The maximum atomic E-state index is 10.9. The topological polar surface area (TPSA) is 29.5 Å². The Balaban J connectivity index is 3.11. The van der Waals surface area contributed by atoms with Crippen molar-refractivity contribution in [1.29, 1.82) is 0 Å². The Morgan fingerprint density at radius 2 is 1.70 bits per heavy atom. The Labute approximate surface area is 152 Å². The lowest BCUT2D eigenvalue weighted by Crippen LogP contribution is -2.45. The van der Waals surface area contributed by atoms with Crippen LogP contribution in [-0.2, 0) is 4.43 Å². The third kappa shape index (κ3) is 5.47. The van der Waals surface area contributed by atoms with Crippen LogP contribution in [0.1, 0.15) is 58.6 Å². The van der Waals surface area contributed by atoms with Crippen LogP contribution in [0.25, 0.3) is 0 Å². The molecule has 0 fully saturated rings. The van der Waals surface area contributed by atoms with Crippen LogP contribution < -0.4 is 0 Å². The summed E-state index contributed by atoms with van der Waals surface area (Å²) >= 11 is 12.5. The number of benzene rings is 1. The second-order valence-electron chi connectivity index (χ2n) is 7.64. The van der Waals surface area contributed by atoms with E-state index in [9.17, 15) is 5.11 Å². The van der Waals surface area contributed by atoms with Crippen molar-refractivity contribution in [3.05, 3.63) is 33.8 Å². The maximum absolute atomic E-state index is 10.9. The largest absolute Gasteiger partial charge is 0.411 e. The van der Waals surface area contributed by atoms with E-state index in [1.54, 1.807) is 18.2 Å². The fourth-order valence-corrected chi connectivity index (χ4v) is 4.20. The fourth-order valence-electron chi connectivity index (χ4n) is 2.22. The normalized spacial score (nSPS) is 15.5. The monoisotopic (exact) mass is 376 g/mol. The molecule has 0 radical (unpaired) electrons. The van der Waals surface area contributed by atoms with E-state index in [1.165, 1.54) is 0 Å². The molecule has 0 unspecified atom stereocenters. The van der Waals surface area contributed by atoms with E-state index in [4.69, 9.17) is 27.6 Å². The van der Waals surface area contributed by atoms with E-state index in [2.05, 4.69) is 40.8 Å². The Hall–Kier alpha value is -0.0631. The molecule has 0 bridgehead atoms. The predicted octanol–water partition coefficient (Wildman–Crippen LogP) is 6.61. The molecule has 0 aromatic heterocycles. The summed E-state index contributed by atoms with van der Waals surface area (Å²) in [5.74, 6) is 0. The molecular formula is C18H30Cl2O2Si. The lowest BCUT2D eigenvalue weighted by atomic mass is 10.00. The maximum Gasteiger partial charge on any atom is 0.192 e. The van der Waals surface area contributed by atoms with Gasteiger partial charge in [-0.3, -0.25) is 0 Å². The van der Waals surface area contributed by atoms with Gasteiger partial charge in [0, 0.05) is 15.6 Å². The first-order valence-corrected chi connectivity index (χ1v) is 12.0. The molecule has 2 nitrogen and oxygen atoms in total. The molecule has 0 saturated carbocycles. The molecule has 1 rings (SSSR count). The Kier molecular flexibility index (Phi) is 7.62. The number of aliphatic hydroxyl groups is 1. The molecule has 0 aliphatic heterocycles. The van der Waals surface area contributed by atoms with Crippen molar-refractivity contribution in [2.45, 2.75) is 77.3 Å². The average Bonchev–Trinajstić information content (AvgIpc) is 2.41.